The number of amides is 4. The van der Waals surface area contributed by atoms with Gasteiger partial charge >= 0.3 is 6.03 Å². The number of carbonyl (C=O) groups is 3. The maximum Gasteiger partial charge on any atom is 0.323 e. The molecule has 4 amide bonds. The molecule has 4 rings (SSSR count). The van der Waals surface area contributed by atoms with Gasteiger partial charge in [0.25, 0.3) is 11.8 Å². The van der Waals surface area contributed by atoms with Gasteiger partial charge in [-0.25, -0.2) is 9.18 Å². The van der Waals surface area contributed by atoms with Gasteiger partial charge in [0.2, 0.25) is 5.54 Å². The first kappa shape index (κ1) is 15.0. The van der Waals surface area contributed by atoms with Crippen LogP contribution in [0.1, 0.15) is 5.56 Å². The first-order valence-electron chi connectivity index (χ1n) is 7.58. The first-order chi connectivity index (χ1) is 11.5. The van der Waals surface area contributed by atoms with E-state index in [1.807, 2.05) is 4.90 Å². The van der Waals surface area contributed by atoms with Crippen molar-refractivity contribution in [2.45, 2.75) is 5.54 Å². The maximum absolute atomic E-state index is 13.7. The minimum atomic E-state index is -1.81. The fourth-order valence-electron chi connectivity index (χ4n) is 3.35. The number of anilines is 1. The Hall–Kier alpha value is -2.52. The molecule has 2 fully saturated rings. The molecular formula is C15H15FN4O4. The summed E-state index contributed by atoms with van der Waals surface area (Å²) >= 11 is 0. The van der Waals surface area contributed by atoms with E-state index in [-0.39, 0.29) is 12.2 Å². The summed E-state index contributed by atoms with van der Waals surface area (Å²) in [5.41, 5.74) is -1.23. The van der Waals surface area contributed by atoms with E-state index >= 15 is 0 Å². The number of benzene rings is 1. The molecule has 1 aromatic carbocycles. The Bertz CT molecular complexity index is 749. The van der Waals surface area contributed by atoms with Gasteiger partial charge < -0.3 is 10.1 Å². The molecule has 0 aromatic heterocycles. The zero-order valence-electron chi connectivity index (χ0n) is 12.7. The summed E-state index contributed by atoms with van der Waals surface area (Å²) in [6, 6.07) is 3.01. The van der Waals surface area contributed by atoms with E-state index in [9.17, 15) is 18.8 Å². The summed E-state index contributed by atoms with van der Waals surface area (Å²) in [6.07, 6.45) is 0. The largest absolute Gasteiger partial charge is 0.379 e. The second kappa shape index (κ2) is 5.25. The SMILES string of the molecule is O=C1NC(=O)C2(N1)C(=O)N(CN1CCOCC1)c1cc(F)ccc12. The van der Waals surface area contributed by atoms with Crippen LogP contribution in [-0.2, 0) is 19.9 Å². The predicted octanol–water partition coefficient (Wildman–Crippen LogP) is -0.503. The molecular weight excluding hydrogens is 319 g/mol. The van der Waals surface area contributed by atoms with Crippen molar-refractivity contribution >= 4 is 23.5 Å². The van der Waals surface area contributed by atoms with Crippen molar-refractivity contribution < 1.29 is 23.5 Å². The molecule has 24 heavy (non-hydrogen) atoms. The molecule has 0 radical (unpaired) electrons. The van der Waals surface area contributed by atoms with Crippen molar-refractivity contribution in [1.29, 1.82) is 0 Å². The van der Waals surface area contributed by atoms with E-state index in [2.05, 4.69) is 10.6 Å². The molecule has 2 saturated heterocycles. The molecule has 126 valence electrons. The molecule has 0 bridgehead atoms. The van der Waals surface area contributed by atoms with E-state index in [1.54, 1.807) is 0 Å². The summed E-state index contributed by atoms with van der Waals surface area (Å²) in [6.45, 7) is 2.53. The Balaban J connectivity index is 1.76. The smallest absolute Gasteiger partial charge is 0.323 e. The molecule has 1 atom stereocenters. The van der Waals surface area contributed by atoms with Crippen LogP contribution in [0.3, 0.4) is 0 Å². The van der Waals surface area contributed by atoms with Crippen molar-refractivity contribution in [3.63, 3.8) is 0 Å². The Morgan fingerprint density at radius 3 is 2.62 bits per heavy atom. The maximum atomic E-state index is 13.7. The number of ether oxygens (including phenoxy) is 1. The quantitative estimate of drug-likeness (QED) is 0.562. The molecule has 9 heteroatoms. The highest BCUT2D eigenvalue weighted by Crippen LogP contribution is 2.42. The average molecular weight is 334 g/mol. The Labute approximate surface area is 136 Å². The third-order valence-electron chi connectivity index (χ3n) is 4.53. The minimum absolute atomic E-state index is 0.198. The second-order valence-electron chi connectivity index (χ2n) is 5.92. The number of nitrogens with one attached hydrogen (secondary N) is 2. The molecule has 8 nitrogen and oxygen atoms in total. The van der Waals surface area contributed by atoms with Gasteiger partial charge in [-0.3, -0.25) is 24.7 Å². The van der Waals surface area contributed by atoms with Crippen LogP contribution in [0, 0.1) is 5.82 Å². The third kappa shape index (κ3) is 2.01. The summed E-state index contributed by atoms with van der Waals surface area (Å²) < 4.78 is 19.0. The zero-order chi connectivity index (χ0) is 16.9. The number of halogens is 1. The van der Waals surface area contributed by atoms with Crippen LogP contribution in [0.5, 0.6) is 0 Å². The van der Waals surface area contributed by atoms with Gasteiger partial charge in [-0.05, 0) is 12.1 Å². The topological polar surface area (TPSA) is 91.0 Å². The van der Waals surface area contributed by atoms with Crippen LogP contribution in [0.15, 0.2) is 18.2 Å². The van der Waals surface area contributed by atoms with E-state index in [0.717, 1.165) is 0 Å². The van der Waals surface area contributed by atoms with Crippen molar-refractivity contribution in [1.82, 2.24) is 15.5 Å². The lowest BCUT2D eigenvalue weighted by atomic mass is 9.91. The van der Waals surface area contributed by atoms with Gasteiger partial charge in [0.05, 0.1) is 25.6 Å². The minimum Gasteiger partial charge on any atom is -0.379 e. The molecule has 1 aromatic rings. The summed E-state index contributed by atoms with van der Waals surface area (Å²) in [4.78, 5) is 40.3. The number of hydrogen-bond donors (Lipinski definition) is 2. The summed E-state index contributed by atoms with van der Waals surface area (Å²) in [5, 5.41) is 4.51. The van der Waals surface area contributed by atoms with Crippen molar-refractivity contribution in [3.8, 4) is 0 Å². The van der Waals surface area contributed by atoms with Gasteiger partial charge in [-0.1, -0.05) is 6.07 Å². The number of imide groups is 1. The molecule has 3 aliphatic heterocycles. The molecule has 1 unspecified atom stereocenters. The van der Waals surface area contributed by atoms with E-state index < -0.39 is 29.2 Å². The molecule has 3 heterocycles. The fourth-order valence-corrected chi connectivity index (χ4v) is 3.35. The lowest BCUT2D eigenvalue weighted by molar-refractivity contribution is -0.134. The highest BCUT2D eigenvalue weighted by molar-refractivity contribution is 6.27. The van der Waals surface area contributed by atoms with Gasteiger partial charge in [-0.2, -0.15) is 0 Å². The number of fused-ring (bicyclic) bond motifs is 2. The number of hydrogen-bond acceptors (Lipinski definition) is 5. The van der Waals surface area contributed by atoms with Crippen LogP contribution in [0.4, 0.5) is 14.9 Å². The van der Waals surface area contributed by atoms with E-state index in [1.165, 1.54) is 23.1 Å². The van der Waals surface area contributed by atoms with E-state index in [0.29, 0.717) is 32.0 Å². The van der Waals surface area contributed by atoms with Crippen molar-refractivity contribution in [2.24, 2.45) is 0 Å². The standard InChI is InChI=1S/C15H15FN4O4/c16-9-1-2-10-11(7-9)20(8-19-3-5-24-6-4-19)13(22)15(10)12(21)17-14(23)18-15/h1-2,7H,3-6,8H2,(H2,17,18,21,23). The number of urea groups is 1. The molecule has 0 saturated carbocycles. The number of nitrogens with zero attached hydrogens (tertiary/aromatic N) is 2. The van der Waals surface area contributed by atoms with Crippen LogP contribution >= 0.6 is 0 Å². The first-order valence-corrected chi connectivity index (χ1v) is 7.58. The number of morpholine rings is 1. The number of carbonyl (C=O) groups excluding carboxylic acids is 3. The lowest BCUT2D eigenvalue weighted by Gasteiger charge is -2.31. The van der Waals surface area contributed by atoms with Crippen LogP contribution in [-0.4, -0.2) is 55.7 Å². The lowest BCUT2D eigenvalue weighted by Crippen LogP contribution is -2.54. The summed E-state index contributed by atoms with van der Waals surface area (Å²) in [5.74, 6) is -1.84. The highest BCUT2D eigenvalue weighted by atomic mass is 19.1. The average Bonchev–Trinajstić information content (AvgIpc) is 2.98. The fraction of sp³-hybridized carbons (Fsp3) is 0.400. The van der Waals surface area contributed by atoms with Gasteiger partial charge in [0.15, 0.2) is 0 Å². The van der Waals surface area contributed by atoms with E-state index in [4.69, 9.17) is 4.74 Å². The van der Waals surface area contributed by atoms with Crippen LogP contribution < -0.4 is 15.5 Å². The molecule has 3 aliphatic rings. The normalized spacial score (nSPS) is 26.7. The van der Waals surface area contributed by atoms with Gasteiger partial charge in [0, 0.05) is 18.7 Å². The Kier molecular flexibility index (Phi) is 3.29. The monoisotopic (exact) mass is 334 g/mol. The zero-order valence-corrected chi connectivity index (χ0v) is 12.7. The van der Waals surface area contributed by atoms with Crippen molar-refractivity contribution in [3.05, 3.63) is 29.6 Å². The van der Waals surface area contributed by atoms with Gasteiger partial charge in [-0.15, -0.1) is 0 Å². The highest BCUT2D eigenvalue weighted by Gasteiger charge is 2.61. The molecule has 2 N–H and O–H groups in total. The second-order valence-corrected chi connectivity index (χ2v) is 5.92. The van der Waals surface area contributed by atoms with Crippen LogP contribution in [0.2, 0.25) is 0 Å². The summed E-state index contributed by atoms with van der Waals surface area (Å²) in [7, 11) is 0. The Morgan fingerprint density at radius 2 is 1.96 bits per heavy atom. The van der Waals surface area contributed by atoms with Crippen LogP contribution in [0.25, 0.3) is 0 Å². The van der Waals surface area contributed by atoms with Crippen molar-refractivity contribution in [2.75, 3.05) is 37.9 Å². The number of rotatable bonds is 2. The van der Waals surface area contributed by atoms with Gasteiger partial charge in [0.1, 0.15) is 5.82 Å². The molecule has 0 aliphatic carbocycles. The predicted molar refractivity (Wildman–Crippen MR) is 79.5 cm³/mol. The molecule has 1 spiro atoms. The Morgan fingerprint density at radius 1 is 1.21 bits per heavy atom. The third-order valence-corrected chi connectivity index (χ3v) is 4.53.